The summed E-state index contributed by atoms with van der Waals surface area (Å²) in [6.45, 7) is 2.42. The predicted octanol–water partition coefficient (Wildman–Crippen LogP) is -2.61. The van der Waals surface area contributed by atoms with Gasteiger partial charge in [-0.15, -0.1) is 0 Å². The molecule has 24 heavy (non-hydrogen) atoms. The normalized spacial score (nSPS) is 14.0. The summed E-state index contributed by atoms with van der Waals surface area (Å²) in [4.78, 5) is 56.3. The summed E-state index contributed by atoms with van der Waals surface area (Å²) in [5.41, 5.74) is 5.10. The fourth-order valence-electron chi connectivity index (χ4n) is 1.59. The third-order valence-corrected chi connectivity index (χ3v) is 2.97. The van der Waals surface area contributed by atoms with E-state index in [0.29, 0.717) is 0 Å². The zero-order valence-corrected chi connectivity index (χ0v) is 13.4. The number of carboxylic acid groups (broad SMARTS) is 2. The molecule has 0 spiro atoms. The van der Waals surface area contributed by atoms with E-state index in [9.17, 15) is 24.0 Å². The van der Waals surface area contributed by atoms with E-state index in [1.165, 1.54) is 13.8 Å². The van der Waals surface area contributed by atoms with E-state index in [1.807, 2.05) is 0 Å². The van der Waals surface area contributed by atoms with Gasteiger partial charge in [0.1, 0.15) is 18.1 Å². The monoisotopic (exact) mass is 346 g/mol. The number of hydrogen-bond acceptors (Lipinski definition) is 6. The fourth-order valence-corrected chi connectivity index (χ4v) is 1.59. The van der Waals surface area contributed by atoms with Crippen LogP contribution in [-0.4, -0.2) is 64.5 Å². The molecule has 0 fully saturated rings. The van der Waals surface area contributed by atoms with Gasteiger partial charge in [0.05, 0.1) is 6.54 Å². The Bertz CT molecular complexity index is 509. The number of carbonyl (C=O) groups excluding carboxylic acids is 3. The third-order valence-electron chi connectivity index (χ3n) is 2.97. The van der Waals surface area contributed by atoms with Crippen molar-refractivity contribution >= 4 is 29.7 Å². The van der Waals surface area contributed by atoms with Crippen molar-refractivity contribution in [3.05, 3.63) is 0 Å². The van der Waals surface area contributed by atoms with Crippen molar-refractivity contribution in [3.8, 4) is 0 Å². The van der Waals surface area contributed by atoms with Gasteiger partial charge in [-0.3, -0.25) is 19.2 Å². The molecule has 0 heterocycles. The van der Waals surface area contributed by atoms with Crippen LogP contribution >= 0.6 is 0 Å². The predicted molar refractivity (Wildman–Crippen MR) is 80.7 cm³/mol. The van der Waals surface area contributed by atoms with Gasteiger partial charge in [-0.25, -0.2) is 4.79 Å². The number of amides is 3. The molecule has 0 saturated heterocycles. The van der Waals surface area contributed by atoms with Crippen LogP contribution in [0.3, 0.4) is 0 Å². The molecule has 136 valence electrons. The minimum absolute atomic E-state index is 0.292. The minimum Gasteiger partial charge on any atom is -0.481 e. The number of carbonyl (C=O) groups is 5. The first kappa shape index (κ1) is 21.3. The lowest BCUT2D eigenvalue weighted by atomic mass is 10.1. The summed E-state index contributed by atoms with van der Waals surface area (Å²) >= 11 is 0. The topological polar surface area (TPSA) is 188 Å². The van der Waals surface area contributed by atoms with Crippen LogP contribution in [0.4, 0.5) is 0 Å². The number of hydrogen-bond donors (Lipinski definition) is 6. The van der Waals surface area contributed by atoms with Crippen molar-refractivity contribution < 1.29 is 34.2 Å². The average Bonchev–Trinajstić information content (AvgIpc) is 2.49. The molecule has 0 saturated carbocycles. The molecule has 3 atom stereocenters. The molecule has 0 aliphatic heterocycles. The number of carboxylic acids is 2. The molecule has 11 heteroatoms. The van der Waals surface area contributed by atoms with Crippen molar-refractivity contribution in [1.82, 2.24) is 16.0 Å². The van der Waals surface area contributed by atoms with Crippen molar-refractivity contribution in [2.45, 2.75) is 44.8 Å². The highest BCUT2D eigenvalue weighted by Crippen LogP contribution is 1.99. The number of rotatable bonds is 10. The van der Waals surface area contributed by atoms with Crippen LogP contribution in [0, 0.1) is 0 Å². The molecule has 11 nitrogen and oxygen atoms in total. The maximum absolute atomic E-state index is 11.9. The van der Waals surface area contributed by atoms with Gasteiger partial charge < -0.3 is 31.9 Å². The Kier molecular flexibility index (Phi) is 9.02. The van der Waals surface area contributed by atoms with Gasteiger partial charge in [0.25, 0.3) is 0 Å². The van der Waals surface area contributed by atoms with E-state index in [-0.39, 0.29) is 13.0 Å². The Morgan fingerprint density at radius 1 is 0.917 bits per heavy atom. The molecule has 3 amide bonds. The van der Waals surface area contributed by atoms with E-state index >= 15 is 0 Å². The third kappa shape index (κ3) is 8.08. The second kappa shape index (κ2) is 10.2. The van der Waals surface area contributed by atoms with Gasteiger partial charge in [-0.2, -0.15) is 0 Å². The van der Waals surface area contributed by atoms with E-state index in [2.05, 4.69) is 16.0 Å². The Morgan fingerprint density at radius 3 is 1.88 bits per heavy atom. The summed E-state index contributed by atoms with van der Waals surface area (Å²) in [7, 11) is 0. The standard InChI is InChI=1S/C13H22N4O7/c1-6(15-9(18)5-14)11(21)16-7(2)12(22)17-8(13(23)24)3-4-10(19)20/h6-8H,3-5,14H2,1-2H3,(H,15,18)(H,16,21)(H,17,22)(H,19,20)(H,23,24)/t6-,7-,8-/m0/s1. The van der Waals surface area contributed by atoms with Crippen molar-refractivity contribution in [3.63, 3.8) is 0 Å². The fraction of sp³-hybridized carbons (Fsp3) is 0.615. The van der Waals surface area contributed by atoms with Gasteiger partial charge in [-0.05, 0) is 20.3 Å². The van der Waals surface area contributed by atoms with Gasteiger partial charge in [0, 0.05) is 6.42 Å². The van der Waals surface area contributed by atoms with Crippen LogP contribution < -0.4 is 21.7 Å². The number of nitrogens with two attached hydrogens (primary N) is 1. The van der Waals surface area contributed by atoms with Crippen LogP contribution in [0.1, 0.15) is 26.7 Å². The first-order chi connectivity index (χ1) is 11.1. The maximum atomic E-state index is 11.9. The van der Waals surface area contributed by atoms with E-state index in [4.69, 9.17) is 15.9 Å². The quantitative estimate of drug-likeness (QED) is 0.248. The molecule has 0 radical (unpaired) electrons. The van der Waals surface area contributed by atoms with E-state index < -0.39 is 54.2 Å². The molecular weight excluding hydrogens is 324 g/mol. The second-order valence-electron chi connectivity index (χ2n) is 5.06. The van der Waals surface area contributed by atoms with Crippen LogP contribution in [0.2, 0.25) is 0 Å². The molecule has 0 unspecified atom stereocenters. The van der Waals surface area contributed by atoms with Crippen LogP contribution in [0.15, 0.2) is 0 Å². The number of nitrogens with one attached hydrogen (secondary N) is 3. The Morgan fingerprint density at radius 2 is 1.42 bits per heavy atom. The molecule has 0 bridgehead atoms. The van der Waals surface area contributed by atoms with Crippen molar-refractivity contribution in [2.75, 3.05) is 6.54 Å². The van der Waals surface area contributed by atoms with Gasteiger partial charge >= 0.3 is 11.9 Å². The minimum atomic E-state index is -1.39. The zero-order chi connectivity index (χ0) is 18.9. The van der Waals surface area contributed by atoms with E-state index in [0.717, 1.165) is 0 Å². The highest BCUT2D eigenvalue weighted by Gasteiger charge is 2.25. The largest absolute Gasteiger partial charge is 0.481 e. The summed E-state index contributed by atoms with van der Waals surface area (Å²) in [6, 6.07) is -3.40. The molecule has 0 aromatic carbocycles. The zero-order valence-electron chi connectivity index (χ0n) is 13.4. The second-order valence-corrected chi connectivity index (χ2v) is 5.06. The molecule has 0 aromatic heterocycles. The molecule has 0 aromatic rings. The first-order valence-corrected chi connectivity index (χ1v) is 7.13. The molecule has 0 aliphatic rings. The van der Waals surface area contributed by atoms with Gasteiger partial charge in [0.15, 0.2) is 0 Å². The molecule has 0 rings (SSSR count). The maximum Gasteiger partial charge on any atom is 0.326 e. The molecule has 0 aliphatic carbocycles. The first-order valence-electron chi connectivity index (χ1n) is 7.13. The molecular formula is C13H22N4O7. The van der Waals surface area contributed by atoms with Gasteiger partial charge in [-0.1, -0.05) is 0 Å². The lowest BCUT2D eigenvalue weighted by Gasteiger charge is -2.20. The summed E-state index contributed by atoms with van der Waals surface area (Å²) in [5, 5.41) is 24.3. The van der Waals surface area contributed by atoms with E-state index in [1.54, 1.807) is 0 Å². The SMILES string of the molecule is C[C@H](NC(=O)CN)C(=O)N[C@@H](C)C(=O)N[C@@H](CCC(=O)O)C(=O)O. The molecule has 7 N–H and O–H groups in total. The Balaban J connectivity index is 4.57. The summed E-state index contributed by atoms with van der Waals surface area (Å²) in [6.07, 6.45) is -0.722. The summed E-state index contributed by atoms with van der Waals surface area (Å²) in [5.74, 6) is -4.57. The van der Waals surface area contributed by atoms with Crippen LogP contribution in [0.25, 0.3) is 0 Å². The van der Waals surface area contributed by atoms with Crippen LogP contribution in [0.5, 0.6) is 0 Å². The Labute approximate surface area is 138 Å². The highest BCUT2D eigenvalue weighted by atomic mass is 16.4. The van der Waals surface area contributed by atoms with Crippen molar-refractivity contribution in [2.24, 2.45) is 5.73 Å². The lowest BCUT2D eigenvalue weighted by Crippen LogP contribution is -2.54. The lowest BCUT2D eigenvalue weighted by molar-refractivity contribution is -0.143. The highest BCUT2D eigenvalue weighted by molar-refractivity contribution is 5.93. The average molecular weight is 346 g/mol. The number of aliphatic carboxylic acids is 2. The van der Waals surface area contributed by atoms with Gasteiger partial charge in [0.2, 0.25) is 17.7 Å². The van der Waals surface area contributed by atoms with Crippen molar-refractivity contribution in [1.29, 1.82) is 0 Å². The smallest absolute Gasteiger partial charge is 0.326 e. The Hall–Kier alpha value is -2.69. The summed E-state index contributed by atoms with van der Waals surface area (Å²) < 4.78 is 0. The van der Waals surface area contributed by atoms with Crippen LogP contribution in [-0.2, 0) is 24.0 Å².